The van der Waals surface area contributed by atoms with E-state index in [1.807, 2.05) is 13.2 Å². The number of esters is 1. The van der Waals surface area contributed by atoms with E-state index in [9.17, 15) is 9.59 Å². The molecule has 0 saturated carbocycles. The van der Waals surface area contributed by atoms with E-state index in [0.717, 1.165) is 0 Å². The summed E-state index contributed by atoms with van der Waals surface area (Å²) in [5.41, 5.74) is -0.814. The van der Waals surface area contributed by atoms with E-state index in [1.165, 1.54) is 7.11 Å². The lowest BCUT2D eigenvalue weighted by Gasteiger charge is -2.31. The molecule has 2 unspecified atom stereocenters. The van der Waals surface area contributed by atoms with Crippen LogP contribution in [0, 0.1) is 0 Å². The lowest BCUT2D eigenvalue weighted by atomic mass is 9.94. The highest BCUT2D eigenvalue weighted by Gasteiger charge is 2.49. The van der Waals surface area contributed by atoms with Crippen molar-refractivity contribution in [1.82, 2.24) is 5.32 Å². The van der Waals surface area contributed by atoms with Crippen molar-refractivity contribution in [3.05, 3.63) is 0 Å². The zero-order chi connectivity index (χ0) is 10.8. The van der Waals surface area contributed by atoms with Gasteiger partial charge in [0.2, 0.25) is 5.91 Å². The van der Waals surface area contributed by atoms with E-state index in [4.69, 9.17) is 4.74 Å². The molecule has 1 amide bonds. The third kappa shape index (κ3) is 1.73. The molecule has 1 N–H and O–H groups in total. The lowest BCUT2D eigenvalue weighted by molar-refractivity contribution is -0.148. The van der Waals surface area contributed by atoms with E-state index in [0.29, 0.717) is 12.8 Å². The molecule has 80 valence electrons. The number of nitrogens with one attached hydrogen (secondary N) is 1. The number of carbonyl (C=O) groups is 2. The minimum atomic E-state index is -0.814. The van der Waals surface area contributed by atoms with E-state index >= 15 is 0 Å². The first-order valence-corrected chi connectivity index (χ1v) is 5.78. The minimum Gasteiger partial charge on any atom is -0.467 e. The molecule has 1 aliphatic heterocycles. The third-order valence-corrected chi connectivity index (χ3v) is 3.82. The number of hydrogen-bond donors (Lipinski definition) is 1. The maximum Gasteiger partial charge on any atom is 0.332 e. The van der Waals surface area contributed by atoms with Crippen molar-refractivity contribution in [2.75, 3.05) is 13.4 Å². The highest BCUT2D eigenvalue weighted by molar-refractivity contribution is 7.99. The Hall–Kier alpha value is -0.710. The topological polar surface area (TPSA) is 55.4 Å². The molecule has 4 nitrogen and oxygen atoms in total. The van der Waals surface area contributed by atoms with Crippen LogP contribution >= 0.6 is 11.8 Å². The highest BCUT2D eigenvalue weighted by atomic mass is 32.2. The van der Waals surface area contributed by atoms with Gasteiger partial charge in [-0.3, -0.25) is 4.79 Å². The number of ether oxygens (including phenoxy) is 1. The quantitative estimate of drug-likeness (QED) is 0.702. The SMILES string of the molecule is COC(=O)C1(C(C)SC)CCC(=O)N1. The van der Waals surface area contributed by atoms with Crippen LogP contribution in [0.15, 0.2) is 0 Å². The van der Waals surface area contributed by atoms with Crippen molar-refractivity contribution in [2.45, 2.75) is 30.6 Å². The Morgan fingerprint density at radius 2 is 2.36 bits per heavy atom. The molecule has 0 aromatic heterocycles. The summed E-state index contributed by atoms with van der Waals surface area (Å²) in [7, 11) is 1.35. The Morgan fingerprint density at radius 3 is 2.71 bits per heavy atom. The summed E-state index contributed by atoms with van der Waals surface area (Å²) in [6.45, 7) is 1.92. The monoisotopic (exact) mass is 217 g/mol. The van der Waals surface area contributed by atoms with E-state index < -0.39 is 5.54 Å². The van der Waals surface area contributed by atoms with Crippen molar-refractivity contribution in [3.8, 4) is 0 Å². The summed E-state index contributed by atoms with van der Waals surface area (Å²) in [6, 6.07) is 0. The zero-order valence-electron chi connectivity index (χ0n) is 8.62. The lowest BCUT2D eigenvalue weighted by Crippen LogP contribution is -2.56. The Morgan fingerprint density at radius 1 is 1.71 bits per heavy atom. The van der Waals surface area contributed by atoms with Crippen molar-refractivity contribution in [2.24, 2.45) is 0 Å². The van der Waals surface area contributed by atoms with Crippen LogP contribution in [0.4, 0.5) is 0 Å². The zero-order valence-corrected chi connectivity index (χ0v) is 9.44. The number of thioether (sulfide) groups is 1. The van der Waals surface area contributed by atoms with Crippen LogP contribution in [-0.2, 0) is 14.3 Å². The van der Waals surface area contributed by atoms with Gasteiger partial charge in [-0.25, -0.2) is 4.79 Å². The number of rotatable bonds is 3. The van der Waals surface area contributed by atoms with Crippen molar-refractivity contribution in [3.63, 3.8) is 0 Å². The molecule has 1 heterocycles. The minimum absolute atomic E-state index is 0.0291. The molecule has 14 heavy (non-hydrogen) atoms. The molecule has 0 aromatic carbocycles. The van der Waals surface area contributed by atoms with Gasteiger partial charge in [-0.1, -0.05) is 6.92 Å². The summed E-state index contributed by atoms with van der Waals surface area (Å²) in [6.07, 6.45) is 2.85. The highest BCUT2D eigenvalue weighted by Crippen LogP contribution is 2.31. The average molecular weight is 217 g/mol. The molecular weight excluding hydrogens is 202 g/mol. The van der Waals surface area contributed by atoms with E-state index in [-0.39, 0.29) is 17.1 Å². The first-order valence-electron chi connectivity index (χ1n) is 4.49. The van der Waals surface area contributed by atoms with Gasteiger partial charge in [-0.15, -0.1) is 0 Å². The van der Waals surface area contributed by atoms with Gasteiger partial charge in [0.15, 0.2) is 0 Å². The second-order valence-electron chi connectivity index (χ2n) is 3.39. The molecule has 0 spiro atoms. The predicted octanol–water partition coefficient (Wildman–Crippen LogP) is 0.560. The predicted molar refractivity (Wildman–Crippen MR) is 55.1 cm³/mol. The van der Waals surface area contributed by atoms with Crippen LogP contribution in [0.25, 0.3) is 0 Å². The Kier molecular flexibility index (Phi) is 3.42. The largest absolute Gasteiger partial charge is 0.467 e. The van der Waals surface area contributed by atoms with Gasteiger partial charge < -0.3 is 10.1 Å². The van der Waals surface area contributed by atoms with Crippen LogP contribution < -0.4 is 5.32 Å². The van der Waals surface area contributed by atoms with Crippen LogP contribution in [0.5, 0.6) is 0 Å². The smallest absolute Gasteiger partial charge is 0.332 e. The van der Waals surface area contributed by atoms with Crippen molar-refractivity contribution >= 4 is 23.6 Å². The summed E-state index contributed by atoms with van der Waals surface area (Å²) < 4.78 is 4.74. The number of hydrogen-bond acceptors (Lipinski definition) is 4. The summed E-state index contributed by atoms with van der Waals surface area (Å²) in [5.74, 6) is -0.415. The summed E-state index contributed by atoms with van der Waals surface area (Å²) in [4.78, 5) is 22.8. The fourth-order valence-electron chi connectivity index (χ4n) is 1.69. The first-order chi connectivity index (χ1) is 6.56. The molecule has 0 aromatic rings. The second-order valence-corrected chi connectivity index (χ2v) is 4.57. The van der Waals surface area contributed by atoms with E-state index in [2.05, 4.69) is 5.32 Å². The van der Waals surface area contributed by atoms with Crippen LogP contribution in [0.3, 0.4) is 0 Å². The number of amides is 1. The fraction of sp³-hybridized carbons (Fsp3) is 0.778. The Balaban J connectivity index is 2.91. The second kappa shape index (κ2) is 4.21. The van der Waals surface area contributed by atoms with Gasteiger partial charge >= 0.3 is 5.97 Å². The maximum absolute atomic E-state index is 11.6. The van der Waals surface area contributed by atoms with Gasteiger partial charge in [0.05, 0.1) is 7.11 Å². The van der Waals surface area contributed by atoms with E-state index in [1.54, 1.807) is 11.8 Å². The average Bonchev–Trinajstić information content (AvgIpc) is 2.59. The van der Waals surface area contributed by atoms with Crippen LogP contribution in [-0.4, -0.2) is 36.0 Å². The standard InChI is InChI=1S/C9H15NO3S/c1-6(14-3)9(8(12)13-2)5-4-7(11)10-9/h6H,4-5H2,1-3H3,(H,10,11). The summed E-state index contributed by atoms with van der Waals surface area (Å²) >= 11 is 1.55. The molecule has 1 rings (SSSR count). The maximum atomic E-state index is 11.6. The van der Waals surface area contributed by atoms with Crippen molar-refractivity contribution in [1.29, 1.82) is 0 Å². The summed E-state index contributed by atoms with van der Waals surface area (Å²) in [5, 5.41) is 2.76. The number of carbonyl (C=O) groups excluding carboxylic acids is 2. The molecule has 1 aliphatic rings. The third-order valence-electron chi connectivity index (χ3n) is 2.71. The molecule has 1 fully saturated rings. The fourth-order valence-corrected chi connectivity index (χ4v) is 2.37. The van der Waals surface area contributed by atoms with Gasteiger partial charge in [-0.2, -0.15) is 11.8 Å². The first kappa shape index (κ1) is 11.4. The van der Waals surface area contributed by atoms with Crippen molar-refractivity contribution < 1.29 is 14.3 Å². The number of methoxy groups -OCH3 is 1. The van der Waals surface area contributed by atoms with Gasteiger partial charge in [0.25, 0.3) is 0 Å². The van der Waals surface area contributed by atoms with Gasteiger partial charge in [0, 0.05) is 11.7 Å². The normalized spacial score (nSPS) is 28.4. The molecule has 0 radical (unpaired) electrons. The van der Waals surface area contributed by atoms with Gasteiger partial charge in [0.1, 0.15) is 5.54 Å². The van der Waals surface area contributed by atoms with Gasteiger partial charge in [-0.05, 0) is 12.7 Å². The molecule has 2 atom stereocenters. The van der Waals surface area contributed by atoms with Crippen LogP contribution in [0.2, 0.25) is 0 Å². The molecular formula is C9H15NO3S. The molecule has 5 heteroatoms. The molecule has 0 bridgehead atoms. The Labute approximate surface area is 87.8 Å². The Bertz CT molecular complexity index is 256. The molecule has 0 aliphatic carbocycles. The van der Waals surface area contributed by atoms with Crippen LogP contribution in [0.1, 0.15) is 19.8 Å². The molecule has 1 saturated heterocycles.